The number of benzene rings is 1. The van der Waals surface area contributed by atoms with Crippen LogP contribution in [0.2, 0.25) is 0 Å². The van der Waals surface area contributed by atoms with Crippen molar-refractivity contribution in [3.63, 3.8) is 0 Å². The third-order valence-corrected chi connectivity index (χ3v) is 4.95. The van der Waals surface area contributed by atoms with Crippen LogP contribution in [-0.2, 0) is 20.7 Å². The maximum Gasteiger partial charge on any atom is 0.417 e. The molecule has 0 unspecified atom stereocenters. The predicted molar refractivity (Wildman–Crippen MR) is 96.3 cm³/mol. The number of imide groups is 1. The standard InChI is InChI=1S/C20H27NO5/c1-12(2)17(22)13(3)18(23)14(4)19(24)21-16(11-26-20(21)25)10-15-8-6-5-7-9-15/h5-9,12-14,16-17,22H,10-11H2,1-4H3/t13-,14+,16-,17-/m1/s1. The average molecular weight is 361 g/mol. The van der Waals surface area contributed by atoms with Gasteiger partial charge in [-0.2, -0.15) is 0 Å². The van der Waals surface area contributed by atoms with Crippen molar-refractivity contribution >= 4 is 17.8 Å². The van der Waals surface area contributed by atoms with E-state index in [2.05, 4.69) is 0 Å². The quantitative estimate of drug-likeness (QED) is 0.754. The van der Waals surface area contributed by atoms with Gasteiger partial charge in [0, 0.05) is 5.92 Å². The number of rotatable bonds is 7. The molecule has 0 radical (unpaired) electrons. The number of amides is 2. The van der Waals surface area contributed by atoms with Gasteiger partial charge in [0.15, 0.2) is 0 Å². The molecule has 0 aromatic heterocycles. The van der Waals surface area contributed by atoms with Gasteiger partial charge in [0.1, 0.15) is 12.4 Å². The van der Waals surface area contributed by atoms with Gasteiger partial charge >= 0.3 is 6.09 Å². The largest absolute Gasteiger partial charge is 0.447 e. The monoisotopic (exact) mass is 361 g/mol. The molecule has 1 aromatic carbocycles. The van der Waals surface area contributed by atoms with Crippen molar-refractivity contribution in [3.05, 3.63) is 35.9 Å². The number of carbonyl (C=O) groups is 3. The minimum Gasteiger partial charge on any atom is -0.447 e. The first-order chi connectivity index (χ1) is 12.2. The van der Waals surface area contributed by atoms with Gasteiger partial charge in [0.05, 0.1) is 18.1 Å². The van der Waals surface area contributed by atoms with Crippen molar-refractivity contribution < 1.29 is 24.2 Å². The summed E-state index contributed by atoms with van der Waals surface area (Å²) in [5.74, 6) is -2.73. The summed E-state index contributed by atoms with van der Waals surface area (Å²) in [4.78, 5) is 38.6. The highest BCUT2D eigenvalue weighted by atomic mass is 16.6. The average Bonchev–Trinajstić information content (AvgIpc) is 2.99. The zero-order valence-corrected chi connectivity index (χ0v) is 15.7. The van der Waals surface area contributed by atoms with E-state index in [0.29, 0.717) is 6.42 Å². The molecule has 1 heterocycles. The van der Waals surface area contributed by atoms with E-state index in [-0.39, 0.29) is 18.3 Å². The fraction of sp³-hybridized carbons (Fsp3) is 0.550. The third kappa shape index (κ3) is 4.30. The number of Topliss-reactive ketones (excluding diaryl/α,β-unsaturated/α-hetero) is 1. The molecule has 2 rings (SSSR count). The summed E-state index contributed by atoms with van der Waals surface area (Å²) >= 11 is 0. The number of ketones is 1. The lowest BCUT2D eigenvalue weighted by atomic mass is 9.85. The number of cyclic esters (lactones) is 1. The van der Waals surface area contributed by atoms with E-state index in [1.807, 2.05) is 44.2 Å². The highest BCUT2D eigenvalue weighted by molar-refractivity contribution is 6.07. The van der Waals surface area contributed by atoms with Crippen LogP contribution in [0.4, 0.5) is 4.79 Å². The van der Waals surface area contributed by atoms with Gasteiger partial charge in [-0.1, -0.05) is 51.1 Å². The molecule has 1 fully saturated rings. The van der Waals surface area contributed by atoms with Crippen LogP contribution >= 0.6 is 0 Å². The predicted octanol–water partition coefficient (Wildman–Crippen LogP) is 2.43. The Hall–Kier alpha value is -2.21. The van der Waals surface area contributed by atoms with Crippen LogP contribution < -0.4 is 0 Å². The summed E-state index contributed by atoms with van der Waals surface area (Å²) in [6, 6.07) is 9.08. The highest BCUT2D eigenvalue weighted by Gasteiger charge is 2.42. The minimum atomic E-state index is -1.01. The van der Waals surface area contributed by atoms with E-state index in [1.165, 1.54) is 6.92 Å². The van der Waals surface area contributed by atoms with E-state index < -0.39 is 36.0 Å². The normalized spacial score (nSPS) is 20.6. The molecule has 6 nitrogen and oxygen atoms in total. The number of ether oxygens (including phenoxy) is 1. The number of nitrogens with zero attached hydrogens (tertiary/aromatic N) is 1. The maximum absolute atomic E-state index is 12.8. The molecule has 6 heteroatoms. The van der Waals surface area contributed by atoms with Crippen molar-refractivity contribution in [2.24, 2.45) is 17.8 Å². The smallest absolute Gasteiger partial charge is 0.417 e. The van der Waals surface area contributed by atoms with Crippen LogP contribution in [0.25, 0.3) is 0 Å². The first-order valence-corrected chi connectivity index (χ1v) is 8.99. The number of hydrogen-bond donors (Lipinski definition) is 1. The van der Waals surface area contributed by atoms with E-state index >= 15 is 0 Å². The number of hydrogen-bond acceptors (Lipinski definition) is 5. The molecule has 1 aliphatic rings. The van der Waals surface area contributed by atoms with Gasteiger partial charge in [0.2, 0.25) is 5.91 Å². The second-order valence-corrected chi connectivity index (χ2v) is 7.28. The SMILES string of the molecule is CC(C)[C@@H](O)[C@@H](C)C(=O)[C@H](C)C(=O)N1C(=O)OC[C@H]1Cc1ccccc1. The second kappa shape index (κ2) is 8.45. The van der Waals surface area contributed by atoms with Gasteiger partial charge in [0.25, 0.3) is 0 Å². The Labute approximate surface area is 154 Å². The van der Waals surface area contributed by atoms with E-state index in [1.54, 1.807) is 6.92 Å². The van der Waals surface area contributed by atoms with E-state index in [0.717, 1.165) is 10.5 Å². The fourth-order valence-corrected chi connectivity index (χ4v) is 3.24. The topological polar surface area (TPSA) is 83.9 Å². The third-order valence-electron chi connectivity index (χ3n) is 4.95. The van der Waals surface area contributed by atoms with Crippen molar-refractivity contribution in [3.8, 4) is 0 Å². The van der Waals surface area contributed by atoms with Gasteiger partial charge in [-0.05, 0) is 24.8 Å². The summed E-state index contributed by atoms with van der Waals surface area (Å²) in [5, 5.41) is 10.1. The summed E-state index contributed by atoms with van der Waals surface area (Å²) in [6.45, 7) is 6.84. The lowest BCUT2D eigenvalue weighted by Gasteiger charge is -2.26. The second-order valence-electron chi connectivity index (χ2n) is 7.28. The molecule has 1 aliphatic heterocycles. The Morgan fingerprint density at radius 2 is 1.81 bits per heavy atom. The van der Waals surface area contributed by atoms with Crippen LogP contribution in [0.3, 0.4) is 0 Å². The summed E-state index contributed by atoms with van der Waals surface area (Å²) < 4.78 is 5.05. The molecular formula is C20H27NO5. The highest BCUT2D eigenvalue weighted by Crippen LogP contribution is 2.23. The molecule has 1 aromatic rings. The molecule has 26 heavy (non-hydrogen) atoms. The van der Waals surface area contributed by atoms with Gasteiger partial charge in [-0.25, -0.2) is 9.69 Å². The van der Waals surface area contributed by atoms with Crippen LogP contribution in [0.1, 0.15) is 33.3 Å². The summed E-state index contributed by atoms with van der Waals surface area (Å²) in [7, 11) is 0. The van der Waals surface area contributed by atoms with Crippen molar-refractivity contribution in [1.82, 2.24) is 4.90 Å². The van der Waals surface area contributed by atoms with Gasteiger partial charge < -0.3 is 9.84 Å². The van der Waals surface area contributed by atoms with Crippen LogP contribution in [0.5, 0.6) is 0 Å². The zero-order valence-electron chi connectivity index (χ0n) is 15.7. The van der Waals surface area contributed by atoms with Crippen LogP contribution in [0, 0.1) is 17.8 Å². The maximum atomic E-state index is 12.8. The molecular weight excluding hydrogens is 334 g/mol. The van der Waals surface area contributed by atoms with Gasteiger partial charge in [-0.15, -0.1) is 0 Å². The molecule has 142 valence electrons. The molecule has 4 atom stereocenters. The van der Waals surface area contributed by atoms with Crippen LogP contribution in [0.15, 0.2) is 30.3 Å². The molecule has 0 bridgehead atoms. The lowest BCUT2D eigenvalue weighted by Crippen LogP contribution is -2.46. The Balaban J connectivity index is 2.12. The Morgan fingerprint density at radius 3 is 2.38 bits per heavy atom. The zero-order chi connectivity index (χ0) is 19.4. The fourth-order valence-electron chi connectivity index (χ4n) is 3.24. The summed E-state index contributed by atoms with van der Waals surface area (Å²) in [6.07, 6.45) is -1.07. The number of aliphatic hydroxyl groups is 1. The Bertz CT molecular complexity index is 657. The van der Waals surface area contributed by atoms with Crippen molar-refractivity contribution in [2.45, 2.75) is 46.3 Å². The van der Waals surface area contributed by atoms with Crippen molar-refractivity contribution in [2.75, 3.05) is 6.61 Å². The molecule has 2 amide bonds. The van der Waals surface area contributed by atoms with E-state index in [4.69, 9.17) is 4.74 Å². The van der Waals surface area contributed by atoms with Crippen molar-refractivity contribution in [1.29, 1.82) is 0 Å². The first kappa shape index (κ1) is 20.1. The molecule has 1 N–H and O–H groups in total. The number of carbonyl (C=O) groups excluding carboxylic acids is 3. The van der Waals surface area contributed by atoms with Gasteiger partial charge in [-0.3, -0.25) is 9.59 Å². The molecule has 0 saturated carbocycles. The first-order valence-electron chi connectivity index (χ1n) is 8.99. The molecule has 0 aliphatic carbocycles. The Morgan fingerprint density at radius 1 is 1.19 bits per heavy atom. The minimum absolute atomic E-state index is 0.0983. The molecule has 0 spiro atoms. The summed E-state index contributed by atoms with van der Waals surface area (Å²) in [5.41, 5.74) is 0.983. The van der Waals surface area contributed by atoms with E-state index in [9.17, 15) is 19.5 Å². The molecule has 1 saturated heterocycles. The van der Waals surface area contributed by atoms with Crippen LogP contribution in [-0.4, -0.2) is 46.5 Å². The Kier molecular flexibility index (Phi) is 6.53. The number of aliphatic hydroxyl groups excluding tert-OH is 1. The lowest BCUT2D eigenvalue weighted by molar-refractivity contribution is -0.142.